The fourth-order valence-corrected chi connectivity index (χ4v) is 1.57. The molecule has 0 amide bonds. The first-order valence-electron chi connectivity index (χ1n) is 4.32. The van der Waals surface area contributed by atoms with Gasteiger partial charge in [-0.15, -0.1) is 0 Å². The maximum atomic E-state index is 8.87. The molecule has 2 N–H and O–H groups in total. The maximum absolute atomic E-state index is 8.87. The Morgan fingerprint density at radius 1 is 1.36 bits per heavy atom. The summed E-state index contributed by atoms with van der Waals surface area (Å²) in [6.45, 7) is 5.24. The molecule has 1 rings (SSSR count). The Morgan fingerprint density at radius 2 is 1.91 bits per heavy atom. The minimum atomic E-state index is -1.10. The van der Waals surface area contributed by atoms with Crippen LogP contribution >= 0.6 is 0 Å². The molecule has 0 aromatic carbocycles. The van der Waals surface area contributed by atoms with Crippen LogP contribution in [0.4, 0.5) is 0 Å². The summed E-state index contributed by atoms with van der Waals surface area (Å²) in [5.41, 5.74) is 0. The third kappa shape index (κ3) is 2.47. The fourth-order valence-electron chi connectivity index (χ4n) is 1.57. The molecule has 1 saturated heterocycles. The average molecular weight is 157 g/mol. The van der Waals surface area contributed by atoms with Crippen molar-refractivity contribution < 1.29 is 10.0 Å². The quantitative estimate of drug-likeness (QED) is 0.552. The molecular weight excluding hydrogens is 141 g/mol. The zero-order chi connectivity index (χ0) is 8.27. The Morgan fingerprint density at radius 3 is 2.27 bits per heavy atom. The van der Waals surface area contributed by atoms with Gasteiger partial charge in [0.05, 0.1) is 0 Å². The SMILES string of the molecule is CCN1CCC(B(O)O)CC1. The lowest BCUT2D eigenvalue weighted by Crippen LogP contribution is -2.36. The number of hydrogen-bond acceptors (Lipinski definition) is 3. The molecule has 4 heteroatoms. The fraction of sp³-hybridized carbons (Fsp3) is 1.00. The van der Waals surface area contributed by atoms with Crippen LogP contribution in [-0.2, 0) is 0 Å². The largest absolute Gasteiger partial charge is 0.454 e. The summed E-state index contributed by atoms with van der Waals surface area (Å²) >= 11 is 0. The van der Waals surface area contributed by atoms with Gasteiger partial charge in [0.25, 0.3) is 0 Å². The maximum Gasteiger partial charge on any atom is 0.454 e. The number of likely N-dealkylation sites (tertiary alicyclic amines) is 1. The molecule has 0 radical (unpaired) electrons. The van der Waals surface area contributed by atoms with Crippen molar-refractivity contribution in [1.29, 1.82) is 0 Å². The Labute approximate surface area is 68.2 Å². The second-order valence-corrected chi connectivity index (χ2v) is 3.19. The van der Waals surface area contributed by atoms with Gasteiger partial charge < -0.3 is 14.9 Å². The van der Waals surface area contributed by atoms with Crippen LogP contribution in [0.2, 0.25) is 5.82 Å². The van der Waals surface area contributed by atoms with E-state index in [0.29, 0.717) is 0 Å². The first-order valence-corrected chi connectivity index (χ1v) is 4.32. The molecule has 1 heterocycles. The molecule has 0 aromatic heterocycles. The highest BCUT2D eigenvalue weighted by molar-refractivity contribution is 6.43. The molecule has 0 unspecified atom stereocenters. The van der Waals surface area contributed by atoms with E-state index in [1.807, 2.05) is 0 Å². The van der Waals surface area contributed by atoms with Gasteiger partial charge in [0.15, 0.2) is 0 Å². The van der Waals surface area contributed by atoms with Crippen LogP contribution in [0.25, 0.3) is 0 Å². The van der Waals surface area contributed by atoms with E-state index in [1.165, 1.54) is 0 Å². The zero-order valence-electron chi connectivity index (χ0n) is 7.03. The Bertz CT molecular complexity index is 113. The molecule has 1 fully saturated rings. The third-order valence-corrected chi connectivity index (χ3v) is 2.50. The van der Waals surface area contributed by atoms with E-state index >= 15 is 0 Å². The molecule has 0 saturated carbocycles. The predicted molar refractivity (Wildman–Crippen MR) is 45.3 cm³/mol. The number of hydrogen-bond donors (Lipinski definition) is 2. The smallest absolute Gasteiger partial charge is 0.427 e. The summed E-state index contributed by atoms with van der Waals surface area (Å²) in [6.07, 6.45) is 1.84. The van der Waals surface area contributed by atoms with Gasteiger partial charge in [0.1, 0.15) is 0 Å². The van der Waals surface area contributed by atoms with Crippen molar-refractivity contribution in [3.05, 3.63) is 0 Å². The molecule has 64 valence electrons. The minimum absolute atomic E-state index is 0.109. The molecule has 0 spiro atoms. The molecule has 11 heavy (non-hydrogen) atoms. The van der Waals surface area contributed by atoms with Gasteiger partial charge in [-0.2, -0.15) is 0 Å². The van der Waals surface area contributed by atoms with Crippen LogP contribution in [0.1, 0.15) is 19.8 Å². The predicted octanol–water partition coefficient (Wildman–Crippen LogP) is -0.0549. The topological polar surface area (TPSA) is 43.7 Å². The molecular formula is C7H16BNO2. The van der Waals surface area contributed by atoms with E-state index in [-0.39, 0.29) is 5.82 Å². The second kappa shape index (κ2) is 4.09. The van der Waals surface area contributed by atoms with E-state index in [9.17, 15) is 0 Å². The molecule has 1 aliphatic heterocycles. The van der Waals surface area contributed by atoms with Crippen molar-refractivity contribution in [1.82, 2.24) is 4.90 Å². The van der Waals surface area contributed by atoms with Crippen LogP contribution in [-0.4, -0.2) is 41.7 Å². The van der Waals surface area contributed by atoms with Gasteiger partial charge in [-0.1, -0.05) is 6.92 Å². The van der Waals surface area contributed by atoms with E-state index in [1.54, 1.807) is 0 Å². The monoisotopic (exact) mass is 157 g/mol. The van der Waals surface area contributed by atoms with Gasteiger partial charge in [0, 0.05) is 0 Å². The third-order valence-electron chi connectivity index (χ3n) is 2.50. The summed E-state index contributed by atoms with van der Waals surface area (Å²) in [5.74, 6) is 0.109. The summed E-state index contributed by atoms with van der Waals surface area (Å²) < 4.78 is 0. The van der Waals surface area contributed by atoms with Crippen molar-refractivity contribution in [3.63, 3.8) is 0 Å². The molecule has 0 aliphatic carbocycles. The lowest BCUT2D eigenvalue weighted by Gasteiger charge is -2.30. The van der Waals surface area contributed by atoms with Crippen LogP contribution < -0.4 is 0 Å². The van der Waals surface area contributed by atoms with E-state index in [2.05, 4.69) is 11.8 Å². The van der Waals surface area contributed by atoms with Gasteiger partial charge in [-0.25, -0.2) is 0 Å². The van der Waals surface area contributed by atoms with Gasteiger partial charge in [-0.05, 0) is 38.3 Å². The average Bonchev–Trinajstić information content (AvgIpc) is 2.05. The molecule has 0 atom stereocenters. The highest BCUT2D eigenvalue weighted by Gasteiger charge is 2.27. The van der Waals surface area contributed by atoms with E-state index in [0.717, 1.165) is 32.5 Å². The first-order chi connectivity index (χ1) is 5.24. The lowest BCUT2D eigenvalue weighted by molar-refractivity contribution is 0.223. The molecule has 1 aliphatic rings. The van der Waals surface area contributed by atoms with Crippen LogP contribution in [0.3, 0.4) is 0 Å². The lowest BCUT2D eigenvalue weighted by atomic mass is 9.67. The normalized spacial score (nSPS) is 22.1. The van der Waals surface area contributed by atoms with Crippen LogP contribution in [0.5, 0.6) is 0 Å². The molecule has 0 bridgehead atoms. The summed E-state index contributed by atoms with van der Waals surface area (Å²) in [7, 11) is -1.10. The number of rotatable bonds is 2. The standard InChI is InChI=1S/C7H16BNO2/c1-2-9-5-3-7(4-6-9)8(10)11/h7,10-11H,2-6H2,1H3. The molecule has 3 nitrogen and oxygen atoms in total. The van der Waals surface area contributed by atoms with Crippen molar-refractivity contribution >= 4 is 7.12 Å². The van der Waals surface area contributed by atoms with Crippen molar-refractivity contribution in [2.75, 3.05) is 19.6 Å². The Hall–Kier alpha value is -0.0551. The van der Waals surface area contributed by atoms with Crippen molar-refractivity contribution in [2.45, 2.75) is 25.6 Å². The number of nitrogens with zero attached hydrogens (tertiary/aromatic N) is 1. The first kappa shape index (κ1) is 9.04. The second-order valence-electron chi connectivity index (χ2n) is 3.19. The Balaban J connectivity index is 2.24. The van der Waals surface area contributed by atoms with E-state index < -0.39 is 7.12 Å². The van der Waals surface area contributed by atoms with E-state index in [4.69, 9.17) is 10.0 Å². The minimum Gasteiger partial charge on any atom is -0.427 e. The number of piperidine rings is 1. The van der Waals surface area contributed by atoms with Gasteiger partial charge in [0.2, 0.25) is 0 Å². The highest BCUT2D eigenvalue weighted by Crippen LogP contribution is 2.23. The van der Waals surface area contributed by atoms with Crippen molar-refractivity contribution in [2.24, 2.45) is 0 Å². The summed E-state index contributed by atoms with van der Waals surface area (Å²) in [4.78, 5) is 2.33. The van der Waals surface area contributed by atoms with Crippen LogP contribution in [0, 0.1) is 0 Å². The Kier molecular flexibility index (Phi) is 3.36. The highest BCUT2D eigenvalue weighted by atomic mass is 16.4. The summed E-state index contributed by atoms with van der Waals surface area (Å²) in [6, 6.07) is 0. The van der Waals surface area contributed by atoms with Gasteiger partial charge in [-0.3, -0.25) is 0 Å². The van der Waals surface area contributed by atoms with Crippen molar-refractivity contribution in [3.8, 4) is 0 Å². The van der Waals surface area contributed by atoms with Gasteiger partial charge >= 0.3 is 7.12 Å². The molecule has 0 aromatic rings. The summed E-state index contributed by atoms with van der Waals surface area (Å²) in [5, 5.41) is 17.7. The zero-order valence-corrected chi connectivity index (χ0v) is 7.03. The van der Waals surface area contributed by atoms with Crippen LogP contribution in [0.15, 0.2) is 0 Å².